The van der Waals surface area contributed by atoms with E-state index in [1.54, 1.807) is 0 Å². The number of benzene rings is 1. The van der Waals surface area contributed by atoms with Gasteiger partial charge in [-0.15, -0.1) is 11.6 Å². The standard InChI is InChI=1S/C16H21Cl/c17-11-16(13-4-2-1-3-5-13)10-15-9-12-6-7-14(15)8-12/h1-5,12,14-16H,6-11H2. The van der Waals surface area contributed by atoms with Crippen molar-refractivity contribution in [3.05, 3.63) is 35.9 Å². The first-order valence-corrected chi connectivity index (χ1v) is 7.51. The van der Waals surface area contributed by atoms with Crippen LogP contribution in [0.4, 0.5) is 0 Å². The van der Waals surface area contributed by atoms with Crippen LogP contribution < -0.4 is 0 Å². The van der Waals surface area contributed by atoms with Crippen LogP contribution in [0.15, 0.2) is 30.3 Å². The van der Waals surface area contributed by atoms with E-state index in [9.17, 15) is 0 Å². The molecule has 0 spiro atoms. The Balaban J connectivity index is 1.67. The van der Waals surface area contributed by atoms with Gasteiger partial charge in [0, 0.05) is 5.88 Å². The maximum atomic E-state index is 6.18. The number of hydrogen-bond acceptors (Lipinski definition) is 0. The SMILES string of the molecule is ClCC(CC1CC2CCC1C2)c1ccccc1. The summed E-state index contributed by atoms with van der Waals surface area (Å²) in [6, 6.07) is 10.8. The van der Waals surface area contributed by atoms with Gasteiger partial charge in [0.25, 0.3) is 0 Å². The normalized spacial score (nSPS) is 32.9. The minimum Gasteiger partial charge on any atom is -0.126 e. The molecule has 17 heavy (non-hydrogen) atoms. The van der Waals surface area contributed by atoms with E-state index in [4.69, 9.17) is 11.6 Å². The van der Waals surface area contributed by atoms with Gasteiger partial charge in [-0.05, 0) is 54.9 Å². The second kappa shape index (κ2) is 5.02. The van der Waals surface area contributed by atoms with Gasteiger partial charge < -0.3 is 0 Å². The first-order chi connectivity index (χ1) is 8.36. The van der Waals surface area contributed by atoms with Crippen LogP contribution in [-0.4, -0.2) is 5.88 Å². The van der Waals surface area contributed by atoms with Gasteiger partial charge in [-0.2, -0.15) is 0 Å². The first kappa shape index (κ1) is 11.6. The lowest BCUT2D eigenvalue weighted by molar-refractivity contribution is 0.300. The molecule has 1 heteroatoms. The van der Waals surface area contributed by atoms with Crippen molar-refractivity contribution in [1.82, 2.24) is 0 Å². The second-order valence-corrected chi connectivity index (χ2v) is 6.24. The lowest BCUT2D eigenvalue weighted by Crippen LogP contribution is -2.15. The molecule has 0 aliphatic heterocycles. The third-order valence-corrected chi connectivity index (χ3v) is 5.30. The topological polar surface area (TPSA) is 0 Å². The van der Waals surface area contributed by atoms with E-state index < -0.39 is 0 Å². The summed E-state index contributed by atoms with van der Waals surface area (Å²) in [5.41, 5.74) is 1.44. The van der Waals surface area contributed by atoms with E-state index in [1.807, 2.05) is 0 Å². The van der Waals surface area contributed by atoms with E-state index in [0.29, 0.717) is 5.92 Å². The van der Waals surface area contributed by atoms with Gasteiger partial charge in [-0.1, -0.05) is 36.8 Å². The van der Waals surface area contributed by atoms with Gasteiger partial charge in [-0.3, -0.25) is 0 Å². The van der Waals surface area contributed by atoms with Crippen molar-refractivity contribution in [2.24, 2.45) is 17.8 Å². The van der Waals surface area contributed by atoms with Crippen molar-refractivity contribution in [3.8, 4) is 0 Å². The van der Waals surface area contributed by atoms with Crippen LogP contribution in [0.25, 0.3) is 0 Å². The Hall–Kier alpha value is -0.490. The van der Waals surface area contributed by atoms with Gasteiger partial charge in [0.1, 0.15) is 0 Å². The van der Waals surface area contributed by atoms with Crippen molar-refractivity contribution in [3.63, 3.8) is 0 Å². The summed E-state index contributed by atoms with van der Waals surface area (Å²) in [4.78, 5) is 0. The van der Waals surface area contributed by atoms with Crippen LogP contribution >= 0.6 is 11.6 Å². The molecule has 0 N–H and O–H groups in total. The van der Waals surface area contributed by atoms with Crippen LogP contribution in [0.2, 0.25) is 0 Å². The van der Waals surface area contributed by atoms with E-state index in [2.05, 4.69) is 30.3 Å². The van der Waals surface area contributed by atoms with Crippen molar-refractivity contribution in [2.75, 3.05) is 5.88 Å². The number of fused-ring (bicyclic) bond motifs is 2. The predicted molar refractivity (Wildman–Crippen MR) is 73.5 cm³/mol. The lowest BCUT2D eigenvalue weighted by atomic mass is 9.81. The zero-order valence-corrected chi connectivity index (χ0v) is 11.1. The molecule has 1 aromatic rings. The van der Waals surface area contributed by atoms with Gasteiger partial charge in [0.05, 0.1) is 0 Å². The van der Waals surface area contributed by atoms with E-state index in [-0.39, 0.29) is 0 Å². The molecule has 1 aromatic carbocycles. The molecule has 4 unspecified atom stereocenters. The predicted octanol–water partition coefficient (Wildman–Crippen LogP) is 4.84. The molecule has 3 rings (SSSR count). The Kier molecular flexibility index (Phi) is 3.42. The number of hydrogen-bond donors (Lipinski definition) is 0. The average Bonchev–Trinajstić information content (AvgIpc) is 2.99. The zero-order chi connectivity index (χ0) is 11.7. The fourth-order valence-corrected chi connectivity index (χ4v) is 4.35. The maximum absolute atomic E-state index is 6.18. The maximum Gasteiger partial charge on any atom is 0.0292 e. The minimum absolute atomic E-state index is 0.571. The van der Waals surface area contributed by atoms with Crippen LogP contribution in [0.1, 0.15) is 43.6 Å². The molecule has 0 saturated heterocycles. The second-order valence-electron chi connectivity index (χ2n) is 5.93. The van der Waals surface area contributed by atoms with Crippen LogP contribution in [0, 0.1) is 17.8 Å². The molecule has 2 saturated carbocycles. The van der Waals surface area contributed by atoms with Gasteiger partial charge in [0.15, 0.2) is 0 Å². The summed E-state index contributed by atoms with van der Waals surface area (Å²) in [6.45, 7) is 0. The highest BCUT2D eigenvalue weighted by molar-refractivity contribution is 6.18. The molecule has 0 nitrogen and oxygen atoms in total. The third-order valence-electron chi connectivity index (χ3n) is 4.93. The van der Waals surface area contributed by atoms with E-state index in [0.717, 1.165) is 23.6 Å². The fraction of sp³-hybridized carbons (Fsp3) is 0.625. The summed E-state index contributed by atoms with van der Waals surface area (Å²) in [5, 5.41) is 0. The Morgan fingerprint density at radius 1 is 1.12 bits per heavy atom. The molecule has 92 valence electrons. The highest BCUT2D eigenvalue weighted by Crippen LogP contribution is 2.51. The highest BCUT2D eigenvalue weighted by atomic mass is 35.5. The summed E-state index contributed by atoms with van der Waals surface area (Å²) >= 11 is 6.18. The first-order valence-electron chi connectivity index (χ1n) is 6.97. The lowest BCUT2D eigenvalue weighted by Gasteiger charge is -2.26. The van der Waals surface area contributed by atoms with Gasteiger partial charge in [0.2, 0.25) is 0 Å². The molecule has 2 aliphatic rings. The van der Waals surface area contributed by atoms with E-state index >= 15 is 0 Å². The summed E-state index contributed by atoms with van der Waals surface area (Å²) in [6.07, 6.45) is 7.28. The smallest absolute Gasteiger partial charge is 0.0292 e. The Morgan fingerprint density at radius 2 is 1.94 bits per heavy atom. The minimum atomic E-state index is 0.571. The molecule has 0 aromatic heterocycles. The fourth-order valence-electron chi connectivity index (χ4n) is 4.04. The number of alkyl halides is 1. The Labute approximate surface area is 109 Å². The van der Waals surface area contributed by atoms with Crippen LogP contribution in [0.3, 0.4) is 0 Å². The summed E-state index contributed by atoms with van der Waals surface area (Å²) < 4.78 is 0. The van der Waals surface area contributed by atoms with Crippen molar-refractivity contribution in [1.29, 1.82) is 0 Å². The quantitative estimate of drug-likeness (QED) is 0.669. The molecule has 2 fully saturated rings. The molecule has 0 heterocycles. The molecule has 0 radical (unpaired) electrons. The molecular formula is C16H21Cl. The summed E-state index contributed by atoms with van der Waals surface area (Å²) in [7, 11) is 0. The summed E-state index contributed by atoms with van der Waals surface area (Å²) in [5.74, 6) is 4.38. The highest BCUT2D eigenvalue weighted by Gasteiger charge is 2.40. The van der Waals surface area contributed by atoms with E-state index in [1.165, 1.54) is 37.7 Å². The molecule has 0 amide bonds. The van der Waals surface area contributed by atoms with Gasteiger partial charge in [-0.25, -0.2) is 0 Å². The zero-order valence-electron chi connectivity index (χ0n) is 10.3. The molecular weight excluding hydrogens is 228 g/mol. The third kappa shape index (κ3) is 2.38. The van der Waals surface area contributed by atoms with Crippen molar-refractivity contribution >= 4 is 11.6 Å². The largest absolute Gasteiger partial charge is 0.126 e. The molecule has 2 aliphatic carbocycles. The number of rotatable bonds is 4. The molecule has 2 bridgehead atoms. The van der Waals surface area contributed by atoms with Crippen LogP contribution in [-0.2, 0) is 0 Å². The van der Waals surface area contributed by atoms with Crippen molar-refractivity contribution < 1.29 is 0 Å². The Bertz CT molecular complexity index is 359. The average molecular weight is 249 g/mol. The molecule has 4 atom stereocenters. The monoisotopic (exact) mass is 248 g/mol. The van der Waals surface area contributed by atoms with Gasteiger partial charge >= 0.3 is 0 Å². The Morgan fingerprint density at radius 3 is 2.53 bits per heavy atom. The number of halogens is 1. The van der Waals surface area contributed by atoms with Crippen LogP contribution in [0.5, 0.6) is 0 Å². The van der Waals surface area contributed by atoms with Crippen molar-refractivity contribution in [2.45, 2.75) is 38.0 Å².